The maximum Gasteiger partial charge on any atom is 0.266 e. The first kappa shape index (κ1) is 20.8. The topological polar surface area (TPSA) is 62.6 Å². The number of methoxy groups -OCH3 is 2. The van der Waals surface area contributed by atoms with Gasteiger partial charge in [0, 0.05) is 11.8 Å². The van der Waals surface area contributed by atoms with Crippen molar-refractivity contribution < 1.29 is 14.2 Å². The van der Waals surface area contributed by atoms with E-state index in [0.29, 0.717) is 45.6 Å². The molecule has 158 valence electrons. The molecule has 0 saturated carbocycles. The maximum atomic E-state index is 13.4. The molecule has 0 amide bonds. The zero-order valence-corrected chi connectivity index (χ0v) is 18.1. The number of aromatic nitrogens is 2. The number of ether oxygens (including phenoxy) is 3. The molecule has 1 aromatic heterocycles. The Morgan fingerprint density at radius 3 is 2.42 bits per heavy atom. The van der Waals surface area contributed by atoms with Gasteiger partial charge >= 0.3 is 0 Å². The lowest BCUT2D eigenvalue weighted by molar-refractivity contribution is 0.344. The molecule has 1 heterocycles. The summed E-state index contributed by atoms with van der Waals surface area (Å²) in [5, 5.41) is 1.15. The van der Waals surface area contributed by atoms with Gasteiger partial charge in [0.15, 0.2) is 16.7 Å². The van der Waals surface area contributed by atoms with Gasteiger partial charge in [-0.25, -0.2) is 4.98 Å². The third-order valence-corrected chi connectivity index (χ3v) is 5.60. The predicted octanol–water partition coefficient (Wildman–Crippen LogP) is 4.57. The molecule has 0 aliphatic heterocycles. The highest BCUT2D eigenvalue weighted by Crippen LogP contribution is 2.30. The summed E-state index contributed by atoms with van der Waals surface area (Å²) in [5.41, 5.74) is 1.19. The van der Waals surface area contributed by atoms with Crippen LogP contribution in [0.15, 0.2) is 82.7 Å². The molecule has 0 unspecified atom stereocenters. The molecular weight excluding hydrogens is 412 g/mol. The molecule has 0 saturated heterocycles. The van der Waals surface area contributed by atoms with E-state index in [9.17, 15) is 4.79 Å². The standard InChI is InChI=1S/C24H22N2O4S/c1-28-21-13-12-17(16-22(21)29-2)26-23(27)19-10-6-7-11-20(19)25-24(26)31-15-14-30-18-8-4-3-5-9-18/h3-13,16H,14-15H2,1-2H3. The van der Waals surface area contributed by atoms with E-state index in [4.69, 9.17) is 19.2 Å². The van der Waals surface area contributed by atoms with Gasteiger partial charge in [-0.2, -0.15) is 0 Å². The SMILES string of the molecule is COc1ccc(-n2c(SCCOc3ccccc3)nc3ccccc3c2=O)cc1OC. The minimum Gasteiger partial charge on any atom is -0.493 e. The molecule has 0 atom stereocenters. The van der Waals surface area contributed by atoms with Gasteiger partial charge in [-0.15, -0.1) is 0 Å². The van der Waals surface area contributed by atoms with Gasteiger partial charge in [0.25, 0.3) is 5.56 Å². The predicted molar refractivity (Wildman–Crippen MR) is 123 cm³/mol. The van der Waals surface area contributed by atoms with Crippen LogP contribution in [0.1, 0.15) is 0 Å². The first-order valence-electron chi connectivity index (χ1n) is 9.76. The van der Waals surface area contributed by atoms with Gasteiger partial charge in [-0.05, 0) is 36.4 Å². The molecule has 0 radical (unpaired) electrons. The summed E-state index contributed by atoms with van der Waals surface area (Å²) in [4.78, 5) is 18.1. The highest BCUT2D eigenvalue weighted by atomic mass is 32.2. The molecule has 31 heavy (non-hydrogen) atoms. The van der Waals surface area contributed by atoms with Crippen molar-refractivity contribution in [3.63, 3.8) is 0 Å². The van der Waals surface area contributed by atoms with Crippen molar-refractivity contribution in [1.29, 1.82) is 0 Å². The molecule has 0 aliphatic carbocycles. The molecule has 3 aromatic carbocycles. The van der Waals surface area contributed by atoms with Gasteiger partial charge in [-0.3, -0.25) is 9.36 Å². The monoisotopic (exact) mass is 434 g/mol. The van der Waals surface area contributed by atoms with E-state index in [2.05, 4.69) is 0 Å². The van der Waals surface area contributed by atoms with Crippen LogP contribution in [0.25, 0.3) is 16.6 Å². The van der Waals surface area contributed by atoms with Gasteiger partial charge in [0.2, 0.25) is 0 Å². The van der Waals surface area contributed by atoms with Gasteiger partial charge < -0.3 is 14.2 Å². The number of thioether (sulfide) groups is 1. The number of hydrogen-bond acceptors (Lipinski definition) is 6. The summed E-state index contributed by atoms with van der Waals surface area (Å²) in [6.45, 7) is 0.489. The lowest BCUT2D eigenvalue weighted by Crippen LogP contribution is -2.22. The number of hydrogen-bond donors (Lipinski definition) is 0. The van der Waals surface area contributed by atoms with Crippen LogP contribution in [-0.2, 0) is 0 Å². The number of para-hydroxylation sites is 2. The van der Waals surface area contributed by atoms with E-state index < -0.39 is 0 Å². The van der Waals surface area contributed by atoms with E-state index in [1.54, 1.807) is 37.0 Å². The minimum atomic E-state index is -0.135. The first-order valence-corrected chi connectivity index (χ1v) is 10.7. The Bertz CT molecular complexity index is 1240. The van der Waals surface area contributed by atoms with Gasteiger partial charge in [-0.1, -0.05) is 42.1 Å². The van der Waals surface area contributed by atoms with E-state index in [-0.39, 0.29) is 5.56 Å². The Morgan fingerprint density at radius 1 is 0.903 bits per heavy atom. The fourth-order valence-electron chi connectivity index (χ4n) is 3.21. The molecule has 4 rings (SSSR count). The van der Waals surface area contributed by atoms with Crippen LogP contribution in [0.5, 0.6) is 17.2 Å². The van der Waals surface area contributed by atoms with Crippen molar-refractivity contribution >= 4 is 22.7 Å². The normalized spacial score (nSPS) is 10.8. The third kappa shape index (κ3) is 4.51. The van der Waals surface area contributed by atoms with Crippen molar-refractivity contribution in [2.75, 3.05) is 26.6 Å². The average molecular weight is 435 g/mol. The first-order chi connectivity index (χ1) is 15.2. The molecule has 0 aliphatic rings. The van der Waals surface area contributed by atoms with Crippen LogP contribution in [0.4, 0.5) is 0 Å². The van der Waals surface area contributed by atoms with E-state index in [1.807, 2.05) is 54.6 Å². The fraction of sp³-hybridized carbons (Fsp3) is 0.167. The highest BCUT2D eigenvalue weighted by Gasteiger charge is 2.15. The van der Waals surface area contributed by atoms with E-state index in [1.165, 1.54) is 11.8 Å². The summed E-state index contributed by atoms with van der Waals surface area (Å²) in [5.74, 6) is 2.58. The zero-order valence-electron chi connectivity index (χ0n) is 17.3. The lowest BCUT2D eigenvalue weighted by Gasteiger charge is -2.15. The number of fused-ring (bicyclic) bond motifs is 1. The van der Waals surface area contributed by atoms with Crippen LogP contribution >= 0.6 is 11.8 Å². The second kappa shape index (κ2) is 9.57. The Morgan fingerprint density at radius 2 is 1.65 bits per heavy atom. The van der Waals surface area contributed by atoms with Crippen LogP contribution in [0.3, 0.4) is 0 Å². The number of rotatable bonds is 8. The van der Waals surface area contributed by atoms with E-state index in [0.717, 1.165) is 5.75 Å². The Labute approximate surface area is 184 Å². The van der Waals surface area contributed by atoms with Crippen LogP contribution < -0.4 is 19.8 Å². The van der Waals surface area contributed by atoms with Crippen molar-refractivity contribution in [3.8, 4) is 22.9 Å². The Kier molecular flexibility index (Phi) is 6.43. The molecule has 0 bridgehead atoms. The smallest absolute Gasteiger partial charge is 0.266 e. The maximum absolute atomic E-state index is 13.4. The molecule has 0 N–H and O–H groups in total. The minimum absolute atomic E-state index is 0.135. The van der Waals surface area contributed by atoms with Crippen LogP contribution in [0, 0.1) is 0 Å². The van der Waals surface area contributed by atoms with Gasteiger partial charge in [0.05, 0.1) is 37.4 Å². The second-order valence-corrected chi connectivity index (χ2v) is 7.66. The molecular formula is C24H22N2O4S. The van der Waals surface area contributed by atoms with Crippen LogP contribution in [0.2, 0.25) is 0 Å². The largest absolute Gasteiger partial charge is 0.493 e. The van der Waals surface area contributed by atoms with Crippen molar-refractivity contribution in [2.45, 2.75) is 5.16 Å². The highest BCUT2D eigenvalue weighted by molar-refractivity contribution is 7.99. The second-order valence-electron chi connectivity index (χ2n) is 6.60. The summed E-state index contributed by atoms with van der Waals surface area (Å²) in [6, 6.07) is 22.4. The Balaban J connectivity index is 1.69. The van der Waals surface area contributed by atoms with Crippen molar-refractivity contribution in [3.05, 3.63) is 83.2 Å². The average Bonchev–Trinajstić information content (AvgIpc) is 2.82. The molecule has 7 heteroatoms. The summed E-state index contributed by atoms with van der Waals surface area (Å²) >= 11 is 1.47. The molecule has 0 spiro atoms. The summed E-state index contributed by atoms with van der Waals surface area (Å²) < 4.78 is 18.1. The summed E-state index contributed by atoms with van der Waals surface area (Å²) in [6.07, 6.45) is 0. The molecule has 0 fully saturated rings. The number of nitrogens with zero attached hydrogens (tertiary/aromatic N) is 2. The Hall–Kier alpha value is -3.45. The summed E-state index contributed by atoms with van der Waals surface area (Å²) in [7, 11) is 3.15. The van der Waals surface area contributed by atoms with Crippen LogP contribution in [-0.4, -0.2) is 36.1 Å². The zero-order chi connectivity index (χ0) is 21.6. The van der Waals surface area contributed by atoms with E-state index >= 15 is 0 Å². The fourth-order valence-corrected chi connectivity index (χ4v) is 4.04. The molecule has 6 nitrogen and oxygen atoms in total. The number of benzene rings is 3. The third-order valence-electron chi connectivity index (χ3n) is 4.70. The van der Waals surface area contributed by atoms with Gasteiger partial charge in [0.1, 0.15) is 5.75 Å². The quantitative estimate of drug-likeness (QED) is 0.230. The molecule has 4 aromatic rings. The van der Waals surface area contributed by atoms with Crippen molar-refractivity contribution in [1.82, 2.24) is 9.55 Å². The van der Waals surface area contributed by atoms with Crippen molar-refractivity contribution in [2.24, 2.45) is 0 Å². The lowest BCUT2D eigenvalue weighted by atomic mass is 10.2.